The van der Waals surface area contributed by atoms with Crippen molar-refractivity contribution in [3.05, 3.63) is 35.4 Å². The van der Waals surface area contributed by atoms with Gasteiger partial charge in [0.15, 0.2) is 0 Å². The smallest absolute Gasteiger partial charge is 0.224 e. The predicted molar refractivity (Wildman–Crippen MR) is 75.4 cm³/mol. The highest BCUT2D eigenvalue weighted by Crippen LogP contribution is 2.52. The zero-order valence-corrected chi connectivity index (χ0v) is 12.5. The third-order valence-electron chi connectivity index (χ3n) is 5.15. The third-order valence-corrected chi connectivity index (χ3v) is 5.15. The lowest BCUT2D eigenvalue weighted by atomic mass is 9.78. The summed E-state index contributed by atoms with van der Waals surface area (Å²) in [6.45, 7) is 0.236. The number of rotatable bonds is 5. The van der Waals surface area contributed by atoms with Crippen molar-refractivity contribution in [1.29, 1.82) is 0 Å². The summed E-state index contributed by atoms with van der Waals surface area (Å²) in [6, 6.07) is 6.03. The van der Waals surface area contributed by atoms with Crippen LogP contribution in [0.4, 0.5) is 0 Å². The van der Waals surface area contributed by atoms with E-state index in [1.807, 2.05) is 0 Å². The zero-order valence-electron chi connectivity index (χ0n) is 12.5. The Labute approximate surface area is 133 Å². The molecule has 0 unspecified atom stereocenters. The average molecular weight is 315 g/mol. The van der Waals surface area contributed by atoms with Crippen LogP contribution in [0.15, 0.2) is 24.3 Å². The monoisotopic (exact) mass is 315 g/mol. The highest BCUT2D eigenvalue weighted by atomic mass is 16.4. The molecule has 1 N–H and O–H groups in total. The highest BCUT2D eigenvalue weighted by Gasteiger charge is 2.51. The van der Waals surface area contributed by atoms with Crippen LogP contribution in [0.1, 0.15) is 35.2 Å². The maximum atomic E-state index is 12.4. The molecule has 6 heteroatoms. The number of aromatic carboxylic acids is 1. The van der Waals surface area contributed by atoms with E-state index in [0.29, 0.717) is 0 Å². The molecule has 3 rings (SSSR count). The quantitative estimate of drug-likeness (QED) is 0.755. The van der Waals surface area contributed by atoms with E-state index in [1.165, 1.54) is 12.1 Å². The summed E-state index contributed by atoms with van der Waals surface area (Å²) in [5, 5.41) is 24.8. The minimum absolute atomic E-state index is 0.0584. The van der Waals surface area contributed by atoms with Gasteiger partial charge in [0, 0.05) is 24.3 Å². The molecule has 1 aromatic rings. The number of hydrogen-bond acceptors (Lipinski definition) is 5. The number of carbonyl (C=O) groups is 3. The van der Waals surface area contributed by atoms with Crippen LogP contribution < -0.4 is 15.5 Å². The van der Waals surface area contributed by atoms with Gasteiger partial charge in [0.05, 0.1) is 5.97 Å². The number of carbonyl (C=O) groups excluding carboxylic acids is 3. The van der Waals surface area contributed by atoms with Crippen molar-refractivity contribution in [2.75, 3.05) is 0 Å². The van der Waals surface area contributed by atoms with Gasteiger partial charge in [0.25, 0.3) is 0 Å². The molecule has 0 aliphatic heterocycles. The average Bonchev–Trinajstić information content (AvgIpc) is 3.13. The molecule has 0 spiro atoms. The Hall–Kier alpha value is -2.37. The number of carboxylic acids is 2. The molecular weight excluding hydrogens is 298 g/mol. The van der Waals surface area contributed by atoms with E-state index >= 15 is 0 Å². The van der Waals surface area contributed by atoms with Crippen LogP contribution in [0.25, 0.3) is 0 Å². The largest absolute Gasteiger partial charge is 0.550 e. The van der Waals surface area contributed by atoms with E-state index in [-0.39, 0.29) is 29.9 Å². The number of hydrogen-bond donors (Lipinski definition) is 1. The molecule has 4 atom stereocenters. The van der Waals surface area contributed by atoms with Crippen molar-refractivity contribution in [1.82, 2.24) is 5.32 Å². The summed E-state index contributed by atoms with van der Waals surface area (Å²) in [4.78, 5) is 34.4. The van der Waals surface area contributed by atoms with Crippen LogP contribution in [0, 0.1) is 23.7 Å². The summed E-state index contributed by atoms with van der Waals surface area (Å²) >= 11 is 0. The van der Waals surface area contributed by atoms with Crippen molar-refractivity contribution < 1.29 is 24.6 Å². The lowest BCUT2D eigenvalue weighted by Crippen LogP contribution is -2.45. The van der Waals surface area contributed by atoms with Crippen molar-refractivity contribution in [2.24, 2.45) is 23.7 Å². The number of amides is 1. The number of fused-ring (bicyclic) bond motifs is 2. The van der Waals surface area contributed by atoms with E-state index in [4.69, 9.17) is 0 Å². The Morgan fingerprint density at radius 1 is 1.00 bits per heavy atom. The molecule has 23 heavy (non-hydrogen) atoms. The van der Waals surface area contributed by atoms with Gasteiger partial charge in [-0.3, -0.25) is 4.79 Å². The fourth-order valence-corrected chi connectivity index (χ4v) is 4.07. The van der Waals surface area contributed by atoms with Gasteiger partial charge in [-0.25, -0.2) is 0 Å². The van der Waals surface area contributed by atoms with Crippen LogP contribution in [-0.2, 0) is 16.1 Å². The number of nitrogens with one attached hydrogen (secondary N) is 1. The van der Waals surface area contributed by atoms with E-state index < -0.39 is 23.8 Å². The van der Waals surface area contributed by atoms with Gasteiger partial charge >= 0.3 is 0 Å². The van der Waals surface area contributed by atoms with Crippen LogP contribution in [0.5, 0.6) is 0 Å². The zero-order chi connectivity index (χ0) is 16.6. The standard InChI is InChI=1S/C17H19NO5/c19-15(13-11-5-6-12(7-11)14(13)17(22)23)18-8-9-1-3-10(4-2-9)16(20)21/h1-4,11-14H,5-8H2,(H,18,19)(H,20,21)(H,22,23)/p-2/t11-,12+,13-,14+/m1/s1. The van der Waals surface area contributed by atoms with Crippen LogP contribution in [0.3, 0.4) is 0 Å². The molecule has 2 aliphatic carbocycles. The molecule has 2 aliphatic rings. The summed E-state index contributed by atoms with van der Waals surface area (Å²) in [6.07, 6.45) is 2.54. The van der Waals surface area contributed by atoms with Crippen molar-refractivity contribution in [3.63, 3.8) is 0 Å². The fourth-order valence-electron chi connectivity index (χ4n) is 4.07. The van der Waals surface area contributed by atoms with Crippen LogP contribution in [-0.4, -0.2) is 17.8 Å². The van der Waals surface area contributed by atoms with Crippen LogP contribution in [0.2, 0.25) is 0 Å². The molecule has 0 saturated heterocycles. The minimum atomic E-state index is -1.25. The summed E-state index contributed by atoms with van der Waals surface area (Å²) in [5.74, 6) is -3.65. The van der Waals surface area contributed by atoms with Gasteiger partial charge in [0.2, 0.25) is 5.91 Å². The maximum Gasteiger partial charge on any atom is 0.224 e. The molecule has 1 aromatic carbocycles. The Kier molecular flexibility index (Phi) is 4.07. The highest BCUT2D eigenvalue weighted by molar-refractivity contribution is 5.86. The molecule has 0 radical (unpaired) electrons. The van der Waals surface area contributed by atoms with Crippen molar-refractivity contribution in [3.8, 4) is 0 Å². The van der Waals surface area contributed by atoms with Crippen molar-refractivity contribution >= 4 is 17.8 Å². The van der Waals surface area contributed by atoms with Gasteiger partial charge in [-0.2, -0.15) is 0 Å². The molecule has 0 heterocycles. The normalized spacial score (nSPS) is 28.5. The number of aliphatic carboxylic acids is 1. The predicted octanol–water partition coefficient (Wildman–Crippen LogP) is -0.921. The van der Waals surface area contributed by atoms with E-state index in [9.17, 15) is 24.6 Å². The third kappa shape index (κ3) is 2.93. The lowest BCUT2D eigenvalue weighted by Gasteiger charge is -2.30. The van der Waals surface area contributed by atoms with Gasteiger partial charge in [-0.15, -0.1) is 0 Å². The summed E-state index contributed by atoms with van der Waals surface area (Å²) < 4.78 is 0. The first-order chi connectivity index (χ1) is 11.0. The fraction of sp³-hybridized carbons (Fsp3) is 0.471. The van der Waals surface area contributed by atoms with Gasteiger partial charge < -0.3 is 25.1 Å². The molecule has 122 valence electrons. The SMILES string of the molecule is O=C([O-])c1ccc(CNC(=O)[C@@H]2[C@@H]3CC[C@@H](C3)[C@@H]2C(=O)[O-])cc1. The second-order valence-electron chi connectivity index (χ2n) is 6.41. The first-order valence-corrected chi connectivity index (χ1v) is 7.76. The molecule has 2 fully saturated rings. The summed E-state index contributed by atoms with van der Waals surface area (Å²) in [5.41, 5.74) is 0.821. The Morgan fingerprint density at radius 3 is 2.17 bits per heavy atom. The molecule has 0 aromatic heterocycles. The second-order valence-corrected chi connectivity index (χ2v) is 6.41. The maximum absolute atomic E-state index is 12.4. The first kappa shape index (κ1) is 15.5. The van der Waals surface area contributed by atoms with Gasteiger partial charge in [-0.05, 0) is 42.2 Å². The van der Waals surface area contributed by atoms with E-state index in [1.54, 1.807) is 12.1 Å². The molecule has 2 bridgehead atoms. The Balaban J connectivity index is 1.63. The molecular formula is C17H17NO5-2. The van der Waals surface area contributed by atoms with E-state index in [0.717, 1.165) is 24.8 Å². The first-order valence-electron chi connectivity index (χ1n) is 7.76. The summed E-state index contributed by atoms with van der Waals surface area (Å²) in [7, 11) is 0. The molecule has 1 amide bonds. The van der Waals surface area contributed by atoms with E-state index in [2.05, 4.69) is 5.32 Å². The molecule has 2 saturated carbocycles. The van der Waals surface area contributed by atoms with Gasteiger partial charge in [0.1, 0.15) is 0 Å². The molecule has 6 nitrogen and oxygen atoms in total. The topological polar surface area (TPSA) is 109 Å². The van der Waals surface area contributed by atoms with Crippen LogP contribution >= 0.6 is 0 Å². The number of carboxylic acid groups (broad SMARTS) is 2. The lowest BCUT2D eigenvalue weighted by molar-refractivity contribution is -0.314. The second kappa shape index (κ2) is 6.02. The van der Waals surface area contributed by atoms with Crippen molar-refractivity contribution in [2.45, 2.75) is 25.8 Å². The van der Waals surface area contributed by atoms with Gasteiger partial charge in [-0.1, -0.05) is 24.3 Å². The minimum Gasteiger partial charge on any atom is -0.550 e. The Morgan fingerprint density at radius 2 is 1.61 bits per heavy atom. The Bertz CT molecular complexity index is 639. The number of benzene rings is 1.